The van der Waals surface area contributed by atoms with Crippen LogP contribution in [-0.2, 0) is 5.66 Å². The van der Waals surface area contributed by atoms with E-state index >= 15 is 0 Å². The summed E-state index contributed by atoms with van der Waals surface area (Å²) >= 11 is 0. The molecule has 0 atom stereocenters. The first-order valence-electron chi connectivity index (χ1n) is 8.09. The van der Waals surface area contributed by atoms with Gasteiger partial charge in [-0.05, 0) is 25.6 Å². The maximum absolute atomic E-state index is 14.9. The topological polar surface area (TPSA) is 75.5 Å². The predicted octanol–water partition coefficient (Wildman–Crippen LogP) is 4.04. The molecule has 148 valence electrons. The summed E-state index contributed by atoms with van der Waals surface area (Å²) in [5.74, 6) is -9.49. The van der Waals surface area contributed by atoms with Crippen LogP contribution < -0.4 is 4.90 Å². The lowest BCUT2D eigenvalue weighted by Crippen LogP contribution is -2.28. The molecule has 5 nitrogen and oxygen atoms in total. The van der Waals surface area contributed by atoms with Crippen molar-refractivity contribution in [2.24, 2.45) is 9.98 Å². The zero-order valence-electron chi connectivity index (χ0n) is 15.5. The monoisotopic (exact) mass is 401 g/mol. The molecule has 0 heterocycles. The molecule has 0 fully saturated rings. The van der Waals surface area contributed by atoms with E-state index in [1.807, 2.05) is 0 Å². The minimum atomic E-state index is -2.30. The Morgan fingerprint density at radius 3 is 1.69 bits per heavy atom. The fourth-order valence-electron chi connectivity index (χ4n) is 2.89. The molecule has 0 aliphatic carbocycles. The SMILES string of the molecule is C=NC(N=C)(c1ccc(N(C)C)cc1)c1c(F)c(F)c(C(C#N)C#N)c(F)c1F. The molecule has 2 rings (SSSR count). The van der Waals surface area contributed by atoms with Gasteiger partial charge in [-0.3, -0.25) is 9.98 Å². The van der Waals surface area contributed by atoms with E-state index in [0.717, 1.165) is 5.69 Å². The van der Waals surface area contributed by atoms with Gasteiger partial charge < -0.3 is 4.90 Å². The van der Waals surface area contributed by atoms with Crippen LogP contribution in [0.4, 0.5) is 23.2 Å². The number of anilines is 1. The van der Waals surface area contributed by atoms with Crippen LogP contribution in [-0.4, -0.2) is 27.5 Å². The molecule has 0 bridgehead atoms. The van der Waals surface area contributed by atoms with Crippen molar-refractivity contribution in [1.29, 1.82) is 10.5 Å². The van der Waals surface area contributed by atoms with Gasteiger partial charge in [0.2, 0.25) is 5.66 Å². The van der Waals surface area contributed by atoms with Crippen molar-refractivity contribution in [2.45, 2.75) is 11.6 Å². The molecule has 0 spiro atoms. The molecule has 0 saturated heterocycles. The lowest BCUT2D eigenvalue weighted by molar-refractivity contribution is 0.395. The van der Waals surface area contributed by atoms with Gasteiger partial charge in [-0.15, -0.1) is 0 Å². The lowest BCUT2D eigenvalue weighted by atomic mass is 9.88. The first-order chi connectivity index (χ1) is 13.7. The van der Waals surface area contributed by atoms with Crippen LogP contribution >= 0.6 is 0 Å². The molecule has 2 aromatic rings. The Kier molecular flexibility index (Phi) is 6.03. The fraction of sp³-hybridized carbons (Fsp3) is 0.200. The van der Waals surface area contributed by atoms with Gasteiger partial charge in [0.25, 0.3) is 0 Å². The van der Waals surface area contributed by atoms with Crippen LogP contribution in [0.15, 0.2) is 34.3 Å². The number of aliphatic imine (C=N–C) groups is 2. The van der Waals surface area contributed by atoms with Crippen LogP contribution in [0, 0.1) is 45.9 Å². The first kappa shape index (κ1) is 21.6. The van der Waals surface area contributed by atoms with E-state index in [4.69, 9.17) is 10.5 Å². The third-order valence-electron chi connectivity index (χ3n) is 4.44. The van der Waals surface area contributed by atoms with Crippen molar-refractivity contribution >= 4 is 19.1 Å². The highest BCUT2D eigenvalue weighted by Crippen LogP contribution is 2.41. The van der Waals surface area contributed by atoms with Gasteiger partial charge in [0.05, 0.1) is 23.3 Å². The summed E-state index contributed by atoms with van der Waals surface area (Å²) < 4.78 is 59.0. The Morgan fingerprint density at radius 1 is 0.897 bits per heavy atom. The van der Waals surface area contributed by atoms with Gasteiger partial charge in [0.1, 0.15) is 0 Å². The van der Waals surface area contributed by atoms with Gasteiger partial charge in [-0.1, -0.05) is 12.1 Å². The highest BCUT2D eigenvalue weighted by atomic mass is 19.2. The summed E-state index contributed by atoms with van der Waals surface area (Å²) in [6.45, 7) is 6.54. The normalized spacial score (nSPS) is 10.9. The summed E-state index contributed by atoms with van der Waals surface area (Å²) in [4.78, 5) is 9.03. The third kappa shape index (κ3) is 3.32. The maximum Gasteiger partial charge on any atom is 0.205 e. The molecular formula is C20H15F4N5. The van der Waals surface area contributed by atoms with Gasteiger partial charge in [-0.2, -0.15) is 10.5 Å². The van der Waals surface area contributed by atoms with Crippen LogP contribution in [0.5, 0.6) is 0 Å². The quantitative estimate of drug-likeness (QED) is 0.416. The van der Waals surface area contributed by atoms with Crippen molar-refractivity contribution in [3.05, 3.63) is 64.2 Å². The number of rotatable bonds is 6. The molecule has 9 heteroatoms. The van der Waals surface area contributed by atoms with Gasteiger partial charge in [0, 0.05) is 25.3 Å². The minimum Gasteiger partial charge on any atom is -0.378 e. The largest absolute Gasteiger partial charge is 0.378 e. The molecular weight excluding hydrogens is 386 g/mol. The fourth-order valence-corrected chi connectivity index (χ4v) is 2.89. The highest BCUT2D eigenvalue weighted by Gasteiger charge is 2.42. The molecule has 0 amide bonds. The Balaban J connectivity index is 2.88. The number of benzene rings is 2. The van der Waals surface area contributed by atoms with Gasteiger partial charge in [-0.25, -0.2) is 17.6 Å². The number of hydrogen-bond acceptors (Lipinski definition) is 5. The molecule has 0 radical (unpaired) electrons. The molecule has 2 aromatic carbocycles. The number of halogens is 4. The minimum absolute atomic E-state index is 0.0505. The van der Waals surface area contributed by atoms with E-state index < -0.39 is 46.0 Å². The molecule has 0 aliphatic rings. The van der Waals surface area contributed by atoms with E-state index in [9.17, 15) is 17.6 Å². The number of nitriles is 2. The second-order valence-electron chi connectivity index (χ2n) is 6.17. The summed E-state index contributed by atoms with van der Waals surface area (Å²) in [6, 6.07) is 8.56. The van der Waals surface area contributed by atoms with Crippen molar-refractivity contribution < 1.29 is 17.6 Å². The molecule has 0 unspecified atom stereocenters. The zero-order chi connectivity index (χ0) is 21.9. The first-order valence-corrected chi connectivity index (χ1v) is 8.09. The van der Waals surface area contributed by atoms with Crippen molar-refractivity contribution in [3.63, 3.8) is 0 Å². The lowest BCUT2D eigenvalue weighted by Gasteiger charge is -2.28. The second kappa shape index (κ2) is 8.11. The van der Waals surface area contributed by atoms with E-state index in [-0.39, 0.29) is 5.56 Å². The maximum atomic E-state index is 14.9. The summed E-state index contributed by atoms with van der Waals surface area (Å²) in [5.41, 5.74) is -4.02. The Hall–Kier alpha value is -3.72. The smallest absolute Gasteiger partial charge is 0.205 e. The third-order valence-corrected chi connectivity index (χ3v) is 4.44. The van der Waals surface area contributed by atoms with E-state index in [0.29, 0.717) is 0 Å². The zero-order valence-corrected chi connectivity index (χ0v) is 15.5. The Bertz CT molecular complexity index is 998. The number of nitrogens with zero attached hydrogens (tertiary/aromatic N) is 5. The average molecular weight is 401 g/mol. The van der Waals surface area contributed by atoms with E-state index in [1.54, 1.807) is 31.1 Å². The van der Waals surface area contributed by atoms with Crippen LogP contribution in [0.2, 0.25) is 0 Å². The molecule has 0 aliphatic heterocycles. The van der Waals surface area contributed by atoms with Gasteiger partial charge >= 0.3 is 0 Å². The number of hydrogen-bond donors (Lipinski definition) is 0. The average Bonchev–Trinajstić information content (AvgIpc) is 2.73. The van der Waals surface area contributed by atoms with Gasteiger partial charge in [0.15, 0.2) is 29.2 Å². The van der Waals surface area contributed by atoms with E-state index in [2.05, 4.69) is 23.4 Å². The molecule has 0 saturated carbocycles. The predicted molar refractivity (Wildman–Crippen MR) is 101 cm³/mol. The Morgan fingerprint density at radius 2 is 1.34 bits per heavy atom. The van der Waals surface area contributed by atoms with Crippen LogP contribution in [0.25, 0.3) is 0 Å². The molecule has 0 N–H and O–H groups in total. The second-order valence-corrected chi connectivity index (χ2v) is 6.17. The van der Waals surface area contributed by atoms with Crippen molar-refractivity contribution in [2.75, 3.05) is 19.0 Å². The van der Waals surface area contributed by atoms with Crippen molar-refractivity contribution in [3.8, 4) is 12.1 Å². The highest BCUT2D eigenvalue weighted by molar-refractivity contribution is 5.53. The summed E-state index contributed by atoms with van der Waals surface area (Å²) in [7, 11) is 3.53. The molecule has 29 heavy (non-hydrogen) atoms. The van der Waals surface area contributed by atoms with Crippen LogP contribution in [0.3, 0.4) is 0 Å². The Labute approximate surface area is 164 Å². The standard InChI is InChI=1S/C20H15F4N5/c1-27-20(28-2,12-5-7-13(8-6-12)29(3)4)15-18(23)16(21)14(11(9-25)10-26)17(22)19(15)24/h5-8,11H,1-2H2,3-4H3. The van der Waals surface area contributed by atoms with Crippen molar-refractivity contribution in [1.82, 2.24) is 0 Å². The van der Waals surface area contributed by atoms with Crippen LogP contribution in [0.1, 0.15) is 22.6 Å². The summed E-state index contributed by atoms with van der Waals surface area (Å²) in [5, 5.41) is 17.7. The summed E-state index contributed by atoms with van der Waals surface area (Å²) in [6.07, 6.45) is 0. The molecule has 0 aromatic heterocycles. The van der Waals surface area contributed by atoms with E-state index in [1.165, 1.54) is 24.3 Å².